The Morgan fingerprint density at radius 1 is 1.29 bits per heavy atom. The van der Waals surface area contributed by atoms with Gasteiger partial charge in [-0.2, -0.15) is 0 Å². The molecular formula is C15H19ClN2O3. The van der Waals surface area contributed by atoms with Gasteiger partial charge in [-0.05, 0) is 24.6 Å². The van der Waals surface area contributed by atoms with Gasteiger partial charge in [-0.3, -0.25) is 9.69 Å². The molecule has 2 aliphatic heterocycles. The van der Waals surface area contributed by atoms with Crippen LogP contribution in [-0.4, -0.2) is 66.2 Å². The highest BCUT2D eigenvalue weighted by molar-refractivity contribution is 6.33. The molecule has 0 bridgehead atoms. The zero-order valence-electron chi connectivity index (χ0n) is 11.8. The van der Waals surface area contributed by atoms with Crippen LogP contribution in [0.2, 0.25) is 5.02 Å². The molecule has 1 aromatic carbocycles. The summed E-state index contributed by atoms with van der Waals surface area (Å²) in [5.41, 5.74) is 0.374. The second-order valence-electron chi connectivity index (χ2n) is 5.51. The number of phenols is 1. The molecule has 5 nitrogen and oxygen atoms in total. The van der Waals surface area contributed by atoms with Crippen molar-refractivity contribution in [3.05, 3.63) is 28.8 Å². The lowest BCUT2D eigenvalue weighted by Crippen LogP contribution is -2.45. The maximum Gasteiger partial charge on any atom is 0.255 e. The molecule has 1 unspecified atom stereocenters. The topological polar surface area (TPSA) is 53.0 Å². The molecule has 2 heterocycles. The lowest BCUT2D eigenvalue weighted by atomic mass is 10.2. The third-order valence-electron chi connectivity index (χ3n) is 4.19. The van der Waals surface area contributed by atoms with Crippen LogP contribution in [0.5, 0.6) is 5.75 Å². The molecule has 2 aliphatic rings. The monoisotopic (exact) mass is 310 g/mol. The molecule has 2 saturated heterocycles. The van der Waals surface area contributed by atoms with Gasteiger partial charge in [-0.15, -0.1) is 0 Å². The largest absolute Gasteiger partial charge is 0.508 e. The average molecular weight is 311 g/mol. The van der Waals surface area contributed by atoms with Crippen molar-refractivity contribution in [3.8, 4) is 5.75 Å². The number of morpholine rings is 1. The number of carbonyl (C=O) groups excluding carboxylic acids is 1. The van der Waals surface area contributed by atoms with Gasteiger partial charge in [0.2, 0.25) is 0 Å². The Kier molecular flexibility index (Phi) is 4.33. The van der Waals surface area contributed by atoms with Gasteiger partial charge in [0.05, 0.1) is 23.8 Å². The number of hydrogen-bond donors (Lipinski definition) is 1. The first kappa shape index (κ1) is 14.6. The van der Waals surface area contributed by atoms with E-state index in [9.17, 15) is 9.90 Å². The summed E-state index contributed by atoms with van der Waals surface area (Å²) in [5.74, 6) is -0.0432. The number of halogens is 1. The maximum atomic E-state index is 12.5. The first-order chi connectivity index (χ1) is 10.1. The number of nitrogens with zero attached hydrogens (tertiary/aromatic N) is 2. The van der Waals surface area contributed by atoms with E-state index < -0.39 is 0 Å². The third-order valence-corrected chi connectivity index (χ3v) is 4.52. The minimum atomic E-state index is -0.105. The van der Waals surface area contributed by atoms with Gasteiger partial charge in [0, 0.05) is 32.2 Å². The molecule has 0 aromatic heterocycles. The van der Waals surface area contributed by atoms with Crippen molar-refractivity contribution in [1.82, 2.24) is 9.80 Å². The van der Waals surface area contributed by atoms with Crippen LogP contribution in [0.4, 0.5) is 0 Å². The van der Waals surface area contributed by atoms with Gasteiger partial charge in [-0.25, -0.2) is 0 Å². The summed E-state index contributed by atoms with van der Waals surface area (Å²) in [6.45, 7) is 4.84. The summed E-state index contributed by atoms with van der Waals surface area (Å²) in [5, 5.41) is 9.92. The van der Waals surface area contributed by atoms with Gasteiger partial charge >= 0.3 is 0 Å². The van der Waals surface area contributed by atoms with E-state index in [2.05, 4.69) is 4.90 Å². The van der Waals surface area contributed by atoms with Crippen LogP contribution in [0, 0.1) is 0 Å². The molecule has 1 N–H and O–H groups in total. The minimum absolute atomic E-state index is 0.0617. The molecule has 0 aliphatic carbocycles. The Labute approximate surface area is 129 Å². The number of phenolic OH excluding ortho intramolecular Hbond substituents is 1. The molecule has 0 spiro atoms. The number of likely N-dealkylation sites (tertiary alicyclic amines) is 1. The first-order valence-corrected chi connectivity index (χ1v) is 7.62. The highest BCUT2D eigenvalue weighted by Crippen LogP contribution is 2.25. The van der Waals surface area contributed by atoms with E-state index in [1.807, 2.05) is 4.90 Å². The van der Waals surface area contributed by atoms with Gasteiger partial charge in [0.15, 0.2) is 0 Å². The van der Waals surface area contributed by atoms with Crippen LogP contribution < -0.4 is 0 Å². The zero-order valence-corrected chi connectivity index (χ0v) is 12.6. The molecule has 6 heteroatoms. The number of benzene rings is 1. The number of ether oxygens (including phenoxy) is 1. The van der Waals surface area contributed by atoms with E-state index in [1.54, 1.807) is 6.07 Å². The summed E-state index contributed by atoms with van der Waals surface area (Å²) in [6, 6.07) is 4.88. The molecular weight excluding hydrogens is 292 g/mol. The normalized spacial score (nSPS) is 23.5. The average Bonchev–Trinajstić information content (AvgIpc) is 3.00. The number of aromatic hydroxyl groups is 1. The van der Waals surface area contributed by atoms with Crippen LogP contribution in [0.25, 0.3) is 0 Å². The Morgan fingerprint density at radius 3 is 2.81 bits per heavy atom. The second kappa shape index (κ2) is 6.22. The van der Waals surface area contributed by atoms with E-state index in [-0.39, 0.29) is 11.7 Å². The van der Waals surface area contributed by atoms with Crippen LogP contribution in [0.15, 0.2) is 18.2 Å². The summed E-state index contributed by atoms with van der Waals surface area (Å²) in [6.07, 6.45) is 0.974. The second-order valence-corrected chi connectivity index (χ2v) is 5.91. The molecule has 1 atom stereocenters. The SMILES string of the molecule is O=C(c1cc(O)ccc1Cl)N1CCC(N2CCOCC2)C1. The molecule has 2 fully saturated rings. The predicted molar refractivity (Wildman–Crippen MR) is 79.8 cm³/mol. The minimum Gasteiger partial charge on any atom is -0.508 e. The highest BCUT2D eigenvalue weighted by Gasteiger charge is 2.32. The van der Waals surface area contributed by atoms with E-state index in [1.165, 1.54) is 12.1 Å². The fraction of sp³-hybridized carbons (Fsp3) is 0.533. The lowest BCUT2D eigenvalue weighted by molar-refractivity contribution is 0.0185. The number of carbonyl (C=O) groups is 1. The Bertz CT molecular complexity index is 532. The third kappa shape index (κ3) is 3.15. The summed E-state index contributed by atoms with van der Waals surface area (Å²) >= 11 is 6.07. The maximum absolute atomic E-state index is 12.5. The van der Waals surface area contributed by atoms with Crippen LogP contribution in [0.1, 0.15) is 16.8 Å². The molecule has 0 saturated carbocycles. The van der Waals surface area contributed by atoms with Gasteiger partial charge < -0.3 is 14.7 Å². The van der Waals surface area contributed by atoms with Crippen LogP contribution in [-0.2, 0) is 4.74 Å². The summed E-state index contributed by atoms with van der Waals surface area (Å²) in [7, 11) is 0. The van der Waals surface area contributed by atoms with Gasteiger partial charge in [-0.1, -0.05) is 11.6 Å². The Morgan fingerprint density at radius 2 is 2.05 bits per heavy atom. The standard InChI is InChI=1S/C15H19ClN2O3/c16-14-2-1-12(19)9-13(14)15(20)18-4-3-11(10-18)17-5-7-21-8-6-17/h1-2,9,11,19H,3-8,10H2. The van der Waals surface area contributed by atoms with Crippen molar-refractivity contribution in [1.29, 1.82) is 0 Å². The molecule has 114 valence electrons. The lowest BCUT2D eigenvalue weighted by Gasteiger charge is -2.32. The molecule has 21 heavy (non-hydrogen) atoms. The highest BCUT2D eigenvalue weighted by atomic mass is 35.5. The fourth-order valence-electron chi connectivity index (χ4n) is 3.01. The molecule has 1 amide bonds. The van der Waals surface area contributed by atoms with Crippen LogP contribution in [0.3, 0.4) is 0 Å². The quantitative estimate of drug-likeness (QED) is 0.901. The summed E-state index contributed by atoms with van der Waals surface area (Å²) < 4.78 is 5.36. The smallest absolute Gasteiger partial charge is 0.255 e. The van der Waals surface area contributed by atoms with Crippen molar-refractivity contribution in [2.75, 3.05) is 39.4 Å². The first-order valence-electron chi connectivity index (χ1n) is 7.25. The summed E-state index contributed by atoms with van der Waals surface area (Å²) in [4.78, 5) is 16.7. The van der Waals surface area contributed by atoms with Gasteiger partial charge in [0.25, 0.3) is 5.91 Å². The van der Waals surface area contributed by atoms with Crippen molar-refractivity contribution in [3.63, 3.8) is 0 Å². The van der Waals surface area contributed by atoms with E-state index >= 15 is 0 Å². The van der Waals surface area contributed by atoms with Gasteiger partial charge in [0.1, 0.15) is 5.75 Å². The van der Waals surface area contributed by atoms with E-state index in [0.717, 1.165) is 39.3 Å². The van der Waals surface area contributed by atoms with Crippen molar-refractivity contribution < 1.29 is 14.6 Å². The predicted octanol–water partition coefficient (Wildman–Crippen LogP) is 1.59. The number of rotatable bonds is 2. The fourth-order valence-corrected chi connectivity index (χ4v) is 3.21. The Hall–Kier alpha value is -1.30. The van der Waals surface area contributed by atoms with Crippen LogP contribution >= 0.6 is 11.6 Å². The number of hydrogen-bond acceptors (Lipinski definition) is 4. The van der Waals surface area contributed by atoms with Crippen molar-refractivity contribution >= 4 is 17.5 Å². The molecule has 3 rings (SSSR count). The Balaban J connectivity index is 1.67. The van der Waals surface area contributed by atoms with E-state index in [4.69, 9.17) is 16.3 Å². The van der Waals surface area contributed by atoms with Crippen molar-refractivity contribution in [2.45, 2.75) is 12.5 Å². The molecule has 0 radical (unpaired) electrons. The zero-order chi connectivity index (χ0) is 14.8. The van der Waals surface area contributed by atoms with Crippen molar-refractivity contribution in [2.24, 2.45) is 0 Å². The molecule has 1 aromatic rings. The van der Waals surface area contributed by atoms with E-state index in [0.29, 0.717) is 23.2 Å². The number of amides is 1.